The van der Waals surface area contributed by atoms with Gasteiger partial charge >= 0.3 is 0 Å². The Morgan fingerprint density at radius 3 is 1.41 bits per heavy atom. The van der Waals surface area contributed by atoms with Crippen molar-refractivity contribution in [2.45, 2.75) is 33.1 Å². The van der Waals surface area contributed by atoms with Gasteiger partial charge in [0.15, 0.2) is 0 Å². The van der Waals surface area contributed by atoms with Gasteiger partial charge in [-0.2, -0.15) is 0 Å². The Labute approximate surface area is 134 Å². The predicted molar refractivity (Wildman–Crippen MR) is 89.8 cm³/mol. The average molecular weight is 308 g/mol. The molecule has 0 saturated heterocycles. The minimum Gasteiger partial charge on any atom is -0.501 e. The van der Waals surface area contributed by atoms with Crippen molar-refractivity contribution >= 4 is 0 Å². The van der Waals surface area contributed by atoms with Crippen LogP contribution in [-0.4, -0.2) is 19.8 Å². The lowest BCUT2D eigenvalue weighted by Gasteiger charge is -1.98. The third-order valence-electron chi connectivity index (χ3n) is 2.21. The Morgan fingerprint density at radius 2 is 0.955 bits per heavy atom. The van der Waals surface area contributed by atoms with Gasteiger partial charge in [0.25, 0.3) is 0 Å². The molecule has 0 saturated carbocycles. The highest BCUT2D eigenvalue weighted by Gasteiger charge is 1.82. The van der Waals surface area contributed by atoms with E-state index in [1.54, 1.807) is 31.3 Å². The second-order valence-electron chi connectivity index (χ2n) is 4.17. The summed E-state index contributed by atoms with van der Waals surface area (Å²) in [6, 6.07) is 0. The SMILES string of the molecule is C/C=C/OCC/C=C/O/C=C/CCO/C=C/CCO/C=C/C. The lowest BCUT2D eigenvalue weighted by atomic mass is 10.4. The van der Waals surface area contributed by atoms with Gasteiger partial charge in [0.05, 0.1) is 51.1 Å². The molecule has 0 N–H and O–H groups in total. The molecule has 0 unspecified atom stereocenters. The van der Waals surface area contributed by atoms with Crippen molar-refractivity contribution in [3.63, 3.8) is 0 Å². The van der Waals surface area contributed by atoms with Crippen molar-refractivity contribution in [1.82, 2.24) is 0 Å². The standard InChI is InChI=1S/C18H28O4/c1-3-11-19-13-5-7-15-21-17-9-10-18-22-16-8-6-14-20-12-4-2/h3-4,7-9,11-12,15-17H,5-6,10,13-14,18H2,1-2H3/b11-3+,12-4+,15-7+,16-8+,17-9+. The number of hydrogen-bond donors (Lipinski definition) is 0. The highest BCUT2D eigenvalue weighted by atomic mass is 16.5. The molecule has 0 amide bonds. The van der Waals surface area contributed by atoms with Crippen molar-refractivity contribution in [1.29, 1.82) is 0 Å². The van der Waals surface area contributed by atoms with E-state index in [1.165, 1.54) is 0 Å². The van der Waals surface area contributed by atoms with Crippen molar-refractivity contribution in [2.24, 2.45) is 0 Å². The number of rotatable bonds is 14. The molecular formula is C18H28O4. The van der Waals surface area contributed by atoms with Gasteiger partial charge in [-0.25, -0.2) is 0 Å². The zero-order valence-corrected chi connectivity index (χ0v) is 13.6. The molecule has 124 valence electrons. The maximum absolute atomic E-state index is 5.32. The first-order chi connectivity index (χ1) is 10.9. The van der Waals surface area contributed by atoms with Crippen LogP contribution in [0.2, 0.25) is 0 Å². The molecule has 22 heavy (non-hydrogen) atoms. The largest absolute Gasteiger partial charge is 0.501 e. The molecule has 0 aromatic rings. The summed E-state index contributed by atoms with van der Waals surface area (Å²) in [6.45, 7) is 5.80. The van der Waals surface area contributed by atoms with E-state index < -0.39 is 0 Å². The molecule has 0 atom stereocenters. The number of ether oxygens (including phenoxy) is 4. The lowest BCUT2D eigenvalue weighted by Crippen LogP contribution is -1.86. The highest BCUT2D eigenvalue weighted by Crippen LogP contribution is 1.92. The summed E-state index contributed by atoms with van der Waals surface area (Å²) in [4.78, 5) is 0. The first-order valence-electron chi connectivity index (χ1n) is 7.59. The molecule has 0 fully saturated rings. The van der Waals surface area contributed by atoms with E-state index in [-0.39, 0.29) is 0 Å². The fourth-order valence-electron chi connectivity index (χ4n) is 1.23. The van der Waals surface area contributed by atoms with Crippen LogP contribution in [0.3, 0.4) is 0 Å². The van der Waals surface area contributed by atoms with E-state index in [4.69, 9.17) is 18.9 Å². The van der Waals surface area contributed by atoms with Gasteiger partial charge in [-0.05, 0) is 32.1 Å². The topological polar surface area (TPSA) is 36.9 Å². The minimum absolute atomic E-state index is 0.632. The predicted octanol–water partition coefficient (Wildman–Crippen LogP) is 4.83. The van der Waals surface area contributed by atoms with Crippen LogP contribution < -0.4 is 0 Å². The quantitative estimate of drug-likeness (QED) is 0.340. The van der Waals surface area contributed by atoms with E-state index in [1.807, 2.05) is 44.2 Å². The smallest absolute Gasteiger partial charge is 0.0908 e. The van der Waals surface area contributed by atoms with Gasteiger partial charge in [-0.3, -0.25) is 0 Å². The Balaban J connectivity index is 3.29. The van der Waals surface area contributed by atoms with Crippen LogP contribution in [0.15, 0.2) is 61.7 Å². The molecule has 0 spiro atoms. The molecule has 0 heterocycles. The Morgan fingerprint density at radius 1 is 0.545 bits per heavy atom. The first-order valence-corrected chi connectivity index (χ1v) is 7.59. The van der Waals surface area contributed by atoms with E-state index in [0.717, 1.165) is 19.3 Å². The summed E-state index contributed by atoms with van der Waals surface area (Å²) in [5.74, 6) is 0. The second-order valence-corrected chi connectivity index (χ2v) is 4.17. The monoisotopic (exact) mass is 308 g/mol. The van der Waals surface area contributed by atoms with E-state index >= 15 is 0 Å². The van der Waals surface area contributed by atoms with Gasteiger partial charge < -0.3 is 18.9 Å². The summed E-state index contributed by atoms with van der Waals surface area (Å²) in [6.07, 6.45) is 20.4. The summed E-state index contributed by atoms with van der Waals surface area (Å²) < 4.78 is 20.8. The average Bonchev–Trinajstić information content (AvgIpc) is 2.54. The van der Waals surface area contributed by atoms with Crippen LogP contribution >= 0.6 is 0 Å². The third kappa shape index (κ3) is 17.9. The van der Waals surface area contributed by atoms with Crippen LogP contribution in [0.4, 0.5) is 0 Å². The highest BCUT2D eigenvalue weighted by molar-refractivity contribution is 4.81. The maximum atomic E-state index is 5.32. The fourth-order valence-corrected chi connectivity index (χ4v) is 1.23. The summed E-state index contributed by atoms with van der Waals surface area (Å²) in [7, 11) is 0. The van der Waals surface area contributed by atoms with Crippen molar-refractivity contribution in [3.8, 4) is 0 Å². The summed E-state index contributed by atoms with van der Waals surface area (Å²) >= 11 is 0. The van der Waals surface area contributed by atoms with Gasteiger partial charge in [-0.15, -0.1) is 0 Å². The summed E-state index contributed by atoms with van der Waals surface area (Å²) in [5.41, 5.74) is 0. The van der Waals surface area contributed by atoms with Crippen LogP contribution in [0.25, 0.3) is 0 Å². The zero-order chi connectivity index (χ0) is 16.1. The molecule has 0 aliphatic heterocycles. The normalized spacial score (nSPS) is 12.3. The summed E-state index contributed by atoms with van der Waals surface area (Å²) in [5, 5.41) is 0. The maximum Gasteiger partial charge on any atom is 0.0908 e. The molecular weight excluding hydrogens is 280 g/mol. The molecule has 0 aliphatic carbocycles. The van der Waals surface area contributed by atoms with Gasteiger partial charge in [0.1, 0.15) is 0 Å². The van der Waals surface area contributed by atoms with Crippen LogP contribution in [-0.2, 0) is 18.9 Å². The van der Waals surface area contributed by atoms with Crippen LogP contribution in [0.1, 0.15) is 33.1 Å². The van der Waals surface area contributed by atoms with E-state index in [2.05, 4.69) is 0 Å². The molecule has 0 rings (SSSR count). The van der Waals surface area contributed by atoms with Crippen LogP contribution in [0, 0.1) is 0 Å². The molecule has 4 nitrogen and oxygen atoms in total. The molecule has 4 heteroatoms. The first kappa shape index (κ1) is 19.9. The zero-order valence-electron chi connectivity index (χ0n) is 13.6. The Bertz CT molecular complexity index is 354. The van der Waals surface area contributed by atoms with Gasteiger partial charge in [-0.1, -0.05) is 12.2 Å². The fraction of sp³-hybridized carbons (Fsp3) is 0.444. The van der Waals surface area contributed by atoms with Crippen molar-refractivity contribution in [3.05, 3.63) is 61.7 Å². The lowest BCUT2D eigenvalue weighted by molar-refractivity contribution is 0.242. The third-order valence-corrected chi connectivity index (χ3v) is 2.21. The molecule has 0 aromatic heterocycles. The number of hydrogen-bond acceptors (Lipinski definition) is 4. The Kier molecular flexibility index (Phi) is 17.1. The second kappa shape index (κ2) is 18.9. The molecule has 0 bridgehead atoms. The van der Waals surface area contributed by atoms with E-state index in [9.17, 15) is 0 Å². The van der Waals surface area contributed by atoms with E-state index in [0.29, 0.717) is 19.8 Å². The van der Waals surface area contributed by atoms with Crippen molar-refractivity contribution < 1.29 is 18.9 Å². The number of allylic oxidation sites excluding steroid dienone is 2. The molecule has 0 aliphatic rings. The van der Waals surface area contributed by atoms with Crippen LogP contribution in [0.5, 0.6) is 0 Å². The Hall–Kier alpha value is -2.10. The minimum atomic E-state index is 0.632. The van der Waals surface area contributed by atoms with Gasteiger partial charge in [0, 0.05) is 19.3 Å². The van der Waals surface area contributed by atoms with Gasteiger partial charge in [0.2, 0.25) is 0 Å². The van der Waals surface area contributed by atoms with Crippen molar-refractivity contribution in [2.75, 3.05) is 19.8 Å². The molecule has 0 radical (unpaired) electrons. The molecule has 0 aromatic carbocycles.